The first-order valence-corrected chi connectivity index (χ1v) is 7.70. The van der Waals surface area contributed by atoms with E-state index in [1.54, 1.807) is 13.4 Å². The summed E-state index contributed by atoms with van der Waals surface area (Å²) in [6.45, 7) is 5.33. The standard InChI is InChI=1S/C15H19N3O2S/c1-11-4-5-13(8-12(11)2)14(19)9-21-15-17-16-10-18(15)6-7-20-3/h4-5,8,10H,6-7,9H2,1-3H3. The molecule has 1 heterocycles. The molecule has 0 aliphatic carbocycles. The first-order valence-electron chi connectivity index (χ1n) is 6.72. The Morgan fingerprint density at radius 2 is 2.14 bits per heavy atom. The van der Waals surface area contributed by atoms with E-state index in [1.165, 1.54) is 17.3 Å². The molecule has 21 heavy (non-hydrogen) atoms. The zero-order chi connectivity index (χ0) is 15.2. The van der Waals surface area contributed by atoms with Crippen LogP contribution in [0.5, 0.6) is 0 Å². The number of Topliss-reactive ketones (excluding diaryl/α,β-unsaturated/α-hetero) is 1. The highest BCUT2D eigenvalue weighted by atomic mass is 32.2. The smallest absolute Gasteiger partial charge is 0.191 e. The molecule has 0 unspecified atom stereocenters. The minimum Gasteiger partial charge on any atom is -0.383 e. The first kappa shape index (κ1) is 15.7. The molecule has 2 aromatic rings. The van der Waals surface area contributed by atoms with Crippen LogP contribution in [-0.2, 0) is 11.3 Å². The van der Waals surface area contributed by atoms with E-state index in [0.717, 1.165) is 16.3 Å². The van der Waals surface area contributed by atoms with Gasteiger partial charge in [-0.15, -0.1) is 10.2 Å². The highest BCUT2D eigenvalue weighted by Gasteiger charge is 2.11. The van der Waals surface area contributed by atoms with E-state index < -0.39 is 0 Å². The van der Waals surface area contributed by atoms with E-state index in [1.807, 2.05) is 36.6 Å². The zero-order valence-electron chi connectivity index (χ0n) is 12.5. The zero-order valence-corrected chi connectivity index (χ0v) is 13.3. The summed E-state index contributed by atoms with van der Waals surface area (Å²) < 4.78 is 6.93. The summed E-state index contributed by atoms with van der Waals surface area (Å²) in [7, 11) is 1.65. The monoisotopic (exact) mass is 305 g/mol. The number of thioether (sulfide) groups is 1. The fraction of sp³-hybridized carbons (Fsp3) is 0.400. The molecule has 0 saturated heterocycles. The van der Waals surface area contributed by atoms with Gasteiger partial charge in [0.2, 0.25) is 0 Å². The number of methoxy groups -OCH3 is 1. The average molecular weight is 305 g/mol. The number of nitrogens with zero attached hydrogens (tertiary/aromatic N) is 3. The van der Waals surface area contributed by atoms with Crippen LogP contribution in [0, 0.1) is 13.8 Å². The molecule has 0 fully saturated rings. The predicted molar refractivity (Wildman–Crippen MR) is 82.9 cm³/mol. The normalized spacial score (nSPS) is 10.8. The van der Waals surface area contributed by atoms with Gasteiger partial charge < -0.3 is 9.30 Å². The Morgan fingerprint density at radius 1 is 1.33 bits per heavy atom. The minimum atomic E-state index is 0.101. The molecule has 0 bridgehead atoms. The van der Waals surface area contributed by atoms with Crippen LogP contribution in [0.3, 0.4) is 0 Å². The minimum absolute atomic E-state index is 0.101. The van der Waals surface area contributed by atoms with Crippen LogP contribution in [0.4, 0.5) is 0 Å². The summed E-state index contributed by atoms with van der Waals surface area (Å²) in [5.41, 5.74) is 3.07. The largest absolute Gasteiger partial charge is 0.383 e. The van der Waals surface area contributed by atoms with Crippen molar-refractivity contribution in [3.8, 4) is 0 Å². The third-order valence-corrected chi connectivity index (χ3v) is 4.26. The number of rotatable bonds is 7. The van der Waals surface area contributed by atoms with Gasteiger partial charge in [-0.25, -0.2) is 0 Å². The molecular formula is C15H19N3O2S. The summed E-state index contributed by atoms with van der Waals surface area (Å²) in [5.74, 6) is 0.457. The van der Waals surface area contributed by atoms with Crippen molar-refractivity contribution in [3.63, 3.8) is 0 Å². The van der Waals surface area contributed by atoms with Gasteiger partial charge in [0, 0.05) is 19.2 Å². The maximum Gasteiger partial charge on any atom is 0.191 e. The van der Waals surface area contributed by atoms with Crippen LogP contribution in [0.25, 0.3) is 0 Å². The van der Waals surface area contributed by atoms with Crippen molar-refractivity contribution in [2.45, 2.75) is 25.5 Å². The lowest BCUT2D eigenvalue weighted by atomic mass is 10.0. The van der Waals surface area contributed by atoms with Gasteiger partial charge in [-0.05, 0) is 31.0 Å². The van der Waals surface area contributed by atoms with Gasteiger partial charge in [0.25, 0.3) is 0 Å². The van der Waals surface area contributed by atoms with Crippen molar-refractivity contribution in [1.29, 1.82) is 0 Å². The Morgan fingerprint density at radius 3 is 2.86 bits per heavy atom. The van der Waals surface area contributed by atoms with Gasteiger partial charge in [0.05, 0.1) is 12.4 Å². The molecule has 6 heteroatoms. The fourth-order valence-electron chi connectivity index (χ4n) is 1.83. The Balaban J connectivity index is 1.97. The van der Waals surface area contributed by atoms with Gasteiger partial charge >= 0.3 is 0 Å². The number of benzene rings is 1. The second kappa shape index (κ2) is 7.38. The van der Waals surface area contributed by atoms with Gasteiger partial charge in [0.1, 0.15) is 6.33 Å². The maximum absolute atomic E-state index is 12.2. The third kappa shape index (κ3) is 4.15. The van der Waals surface area contributed by atoms with Crippen molar-refractivity contribution < 1.29 is 9.53 Å². The Kier molecular flexibility index (Phi) is 5.52. The van der Waals surface area contributed by atoms with E-state index >= 15 is 0 Å². The number of ether oxygens (including phenoxy) is 1. The average Bonchev–Trinajstić information content (AvgIpc) is 2.92. The molecule has 0 radical (unpaired) electrons. The van der Waals surface area contributed by atoms with E-state index in [-0.39, 0.29) is 5.78 Å². The second-order valence-electron chi connectivity index (χ2n) is 4.81. The predicted octanol–water partition coefficient (Wildman–Crippen LogP) is 2.52. The lowest BCUT2D eigenvalue weighted by Gasteiger charge is -2.06. The Labute approximate surface area is 128 Å². The summed E-state index contributed by atoms with van der Waals surface area (Å²) in [5, 5.41) is 8.65. The summed E-state index contributed by atoms with van der Waals surface area (Å²) in [6.07, 6.45) is 1.65. The first-order chi connectivity index (χ1) is 10.1. The van der Waals surface area contributed by atoms with E-state index in [2.05, 4.69) is 10.2 Å². The van der Waals surface area contributed by atoms with Crippen LogP contribution >= 0.6 is 11.8 Å². The van der Waals surface area contributed by atoms with Crippen molar-refractivity contribution in [2.24, 2.45) is 0 Å². The van der Waals surface area contributed by atoms with Crippen LogP contribution in [0.15, 0.2) is 29.7 Å². The molecule has 0 saturated carbocycles. The molecule has 0 atom stereocenters. The molecule has 0 spiro atoms. The second-order valence-corrected chi connectivity index (χ2v) is 5.75. The lowest BCUT2D eigenvalue weighted by Crippen LogP contribution is -2.07. The molecule has 5 nitrogen and oxygen atoms in total. The quantitative estimate of drug-likeness (QED) is 0.581. The van der Waals surface area contributed by atoms with Crippen LogP contribution in [0.1, 0.15) is 21.5 Å². The summed E-state index contributed by atoms with van der Waals surface area (Å²) >= 11 is 1.40. The number of carbonyl (C=O) groups is 1. The number of aryl methyl sites for hydroxylation is 2. The molecular weight excluding hydrogens is 286 g/mol. The number of hydrogen-bond acceptors (Lipinski definition) is 5. The molecule has 0 N–H and O–H groups in total. The van der Waals surface area contributed by atoms with Crippen molar-refractivity contribution in [1.82, 2.24) is 14.8 Å². The molecule has 0 amide bonds. The van der Waals surface area contributed by atoms with Crippen molar-refractivity contribution in [3.05, 3.63) is 41.2 Å². The topological polar surface area (TPSA) is 57.0 Å². The summed E-state index contributed by atoms with van der Waals surface area (Å²) in [6, 6.07) is 5.79. The van der Waals surface area contributed by atoms with Crippen LogP contribution in [-0.4, -0.2) is 40.0 Å². The molecule has 112 valence electrons. The lowest BCUT2D eigenvalue weighted by molar-refractivity contribution is 0.102. The van der Waals surface area contributed by atoms with Gasteiger partial charge in [0.15, 0.2) is 10.9 Å². The Bertz CT molecular complexity index is 625. The van der Waals surface area contributed by atoms with Gasteiger partial charge in [-0.2, -0.15) is 0 Å². The van der Waals surface area contributed by atoms with E-state index in [0.29, 0.717) is 18.9 Å². The Hall–Kier alpha value is -1.66. The number of ketones is 1. The number of aromatic nitrogens is 3. The van der Waals surface area contributed by atoms with Gasteiger partial charge in [-0.3, -0.25) is 4.79 Å². The highest BCUT2D eigenvalue weighted by molar-refractivity contribution is 7.99. The fourth-order valence-corrected chi connectivity index (χ4v) is 2.66. The SMILES string of the molecule is COCCn1cnnc1SCC(=O)c1ccc(C)c(C)c1. The van der Waals surface area contributed by atoms with Crippen LogP contribution in [0.2, 0.25) is 0 Å². The summed E-state index contributed by atoms with van der Waals surface area (Å²) in [4.78, 5) is 12.2. The van der Waals surface area contributed by atoms with Crippen molar-refractivity contribution >= 4 is 17.5 Å². The molecule has 2 rings (SSSR count). The molecule has 1 aromatic heterocycles. The number of carbonyl (C=O) groups excluding carboxylic acids is 1. The maximum atomic E-state index is 12.2. The molecule has 0 aliphatic heterocycles. The van der Waals surface area contributed by atoms with Crippen LogP contribution < -0.4 is 0 Å². The third-order valence-electron chi connectivity index (χ3n) is 3.28. The van der Waals surface area contributed by atoms with E-state index in [4.69, 9.17) is 4.74 Å². The van der Waals surface area contributed by atoms with E-state index in [9.17, 15) is 4.79 Å². The van der Waals surface area contributed by atoms with Gasteiger partial charge in [-0.1, -0.05) is 23.9 Å². The highest BCUT2D eigenvalue weighted by Crippen LogP contribution is 2.18. The number of hydrogen-bond donors (Lipinski definition) is 0. The van der Waals surface area contributed by atoms with Crippen molar-refractivity contribution in [2.75, 3.05) is 19.5 Å². The molecule has 1 aromatic carbocycles. The molecule has 0 aliphatic rings.